The molecule has 0 aliphatic rings. The molecule has 2 aromatic rings. The van der Waals surface area contributed by atoms with Gasteiger partial charge in [-0.3, -0.25) is 14.9 Å². The van der Waals surface area contributed by atoms with E-state index in [1.165, 1.54) is 49.4 Å². The van der Waals surface area contributed by atoms with Gasteiger partial charge in [-0.05, 0) is 43.7 Å². The third kappa shape index (κ3) is 4.78. The van der Waals surface area contributed by atoms with Crippen molar-refractivity contribution >= 4 is 38.9 Å². The average Bonchev–Trinajstić information content (AvgIpc) is 2.56. The number of carbonyl (C=O) groups is 1. The monoisotopic (exact) mass is 397 g/mol. The number of hydrogen-bond donors (Lipinski definition) is 2. The summed E-state index contributed by atoms with van der Waals surface area (Å²) in [6.07, 6.45) is 0. The van der Waals surface area contributed by atoms with E-state index in [4.69, 9.17) is 11.6 Å². The number of anilines is 1. The smallest absolute Gasteiger partial charge is 0.271 e. The molecule has 0 saturated carbocycles. The van der Waals surface area contributed by atoms with E-state index >= 15 is 0 Å². The van der Waals surface area contributed by atoms with Crippen LogP contribution in [0.1, 0.15) is 12.5 Å². The highest BCUT2D eigenvalue weighted by Gasteiger charge is 2.23. The molecule has 0 saturated heterocycles. The quantitative estimate of drug-likeness (QED) is 0.573. The Morgan fingerprint density at radius 2 is 1.81 bits per heavy atom. The van der Waals surface area contributed by atoms with Crippen molar-refractivity contribution in [2.45, 2.75) is 24.8 Å². The molecule has 2 N–H and O–H groups in total. The van der Waals surface area contributed by atoms with Crippen molar-refractivity contribution in [3.05, 3.63) is 63.2 Å². The Hall–Kier alpha value is -2.49. The van der Waals surface area contributed by atoms with E-state index in [1.54, 1.807) is 6.92 Å². The molecule has 0 spiro atoms. The molecule has 0 heterocycles. The summed E-state index contributed by atoms with van der Waals surface area (Å²) in [6.45, 7) is 3.04. The summed E-state index contributed by atoms with van der Waals surface area (Å²) in [5.41, 5.74) is 0.666. The third-order valence-electron chi connectivity index (χ3n) is 3.54. The first kappa shape index (κ1) is 19.8. The van der Waals surface area contributed by atoms with Crippen molar-refractivity contribution < 1.29 is 18.1 Å². The Balaban J connectivity index is 2.14. The van der Waals surface area contributed by atoms with Gasteiger partial charge in [0.25, 0.3) is 5.69 Å². The van der Waals surface area contributed by atoms with Crippen LogP contribution in [0.15, 0.2) is 47.4 Å². The fraction of sp³-hybridized carbons (Fsp3) is 0.188. The second-order valence-corrected chi connectivity index (χ2v) is 7.69. The van der Waals surface area contributed by atoms with Crippen LogP contribution in [0.5, 0.6) is 0 Å². The molecule has 0 aliphatic heterocycles. The number of nitrogens with zero attached hydrogens (tertiary/aromatic N) is 1. The van der Waals surface area contributed by atoms with Gasteiger partial charge < -0.3 is 5.32 Å². The van der Waals surface area contributed by atoms with E-state index in [-0.39, 0.29) is 16.3 Å². The highest BCUT2D eigenvalue weighted by Crippen LogP contribution is 2.22. The second kappa shape index (κ2) is 7.81. The molecule has 26 heavy (non-hydrogen) atoms. The maximum atomic E-state index is 12.3. The zero-order valence-corrected chi connectivity index (χ0v) is 15.5. The molecule has 8 nitrogen and oxygen atoms in total. The zero-order chi connectivity index (χ0) is 19.5. The van der Waals surface area contributed by atoms with E-state index in [0.29, 0.717) is 10.6 Å². The van der Waals surface area contributed by atoms with E-state index in [0.717, 1.165) is 0 Å². The number of sulfonamides is 1. The van der Waals surface area contributed by atoms with Crippen LogP contribution in [0.25, 0.3) is 0 Å². The standard InChI is InChI=1S/C16H16ClN3O5S/c1-10-3-6-13(20(22)23)9-15(10)18-16(21)11(2)19-26(24,25)14-7-4-12(17)5-8-14/h3-9,11,19H,1-2H3,(H,18,21)/t11-/m0/s1. The zero-order valence-electron chi connectivity index (χ0n) is 13.9. The number of carbonyl (C=O) groups excluding carboxylic acids is 1. The number of halogens is 1. The van der Waals surface area contributed by atoms with E-state index < -0.39 is 26.9 Å². The predicted octanol–water partition coefficient (Wildman–Crippen LogP) is 2.86. The first-order valence-corrected chi connectivity index (χ1v) is 9.30. The number of hydrogen-bond acceptors (Lipinski definition) is 5. The average molecular weight is 398 g/mol. The molecular formula is C16H16ClN3O5S. The number of nitrogens with one attached hydrogen (secondary N) is 2. The van der Waals surface area contributed by atoms with Crippen LogP contribution in [0.4, 0.5) is 11.4 Å². The maximum Gasteiger partial charge on any atom is 0.271 e. The summed E-state index contributed by atoms with van der Waals surface area (Å²) in [5.74, 6) is -0.647. The highest BCUT2D eigenvalue weighted by atomic mass is 35.5. The number of nitro groups is 1. The van der Waals surface area contributed by atoms with Crippen LogP contribution in [-0.4, -0.2) is 25.3 Å². The molecule has 2 aromatic carbocycles. The fourth-order valence-corrected chi connectivity index (χ4v) is 3.40. The summed E-state index contributed by atoms with van der Waals surface area (Å²) in [5, 5.41) is 13.7. The summed E-state index contributed by atoms with van der Waals surface area (Å²) in [4.78, 5) is 22.5. The summed E-state index contributed by atoms with van der Waals surface area (Å²) in [7, 11) is -3.92. The van der Waals surface area contributed by atoms with Gasteiger partial charge >= 0.3 is 0 Å². The highest BCUT2D eigenvalue weighted by molar-refractivity contribution is 7.89. The minimum absolute atomic E-state index is 0.0342. The Morgan fingerprint density at radius 1 is 1.19 bits per heavy atom. The molecule has 0 radical (unpaired) electrons. The van der Waals surface area contributed by atoms with Crippen LogP contribution >= 0.6 is 11.6 Å². The van der Waals surface area contributed by atoms with Gasteiger partial charge in [-0.25, -0.2) is 8.42 Å². The minimum atomic E-state index is -3.92. The van der Waals surface area contributed by atoms with Gasteiger partial charge in [0, 0.05) is 17.2 Å². The largest absolute Gasteiger partial charge is 0.324 e. The summed E-state index contributed by atoms with van der Waals surface area (Å²) < 4.78 is 26.8. The number of benzene rings is 2. The lowest BCUT2D eigenvalue weighted by Crippen LogP contribution is -2.41. The normalized spacial score (nSPS) is 12.4. The van der Waals surface area contributed by atoms with Crippen molar-refractivity contribution in [3.8, 4) is 0 Å². The molecule has 1 atom stereocenters. The molecule has 138 valence electrons. The lowest BCUT2D eigenvalue weighted by molar-refractivity contribution is -0.384. The van der Waals surface area contributed by atoms with Gasteiger partial charge in [-0.15, -0.1) is 0 Å². The van der Waals surface area contributed by atoms with Gasteiger partial charge in [0.1, 0.15) is 0 Å². The number of nitro benzene ring substituents is 1. The van der Waals surface area contributed by atoms with E-state index in [9.17, 15) is 23.3 Å². The molecule has 1 amide bonds. The number of amides is 1. The fourth-order valence-electron chi connectivity index (χ4n) is 2.07. The van der Waals surface area contributed by atoms with Crippen molar-refractivity contribution in [2.75, 3.05) is 5.32 Å². The van der Waals surface area contributed by atoms with Crippen molar-refractivity contribution in [1.82, 2.24) is 4.72 Å². The summed E-state index contributed by atoms with van der Waals surface area (Å²) >= 11 is 5.73. The Kier molecular flexibility index (Phi) is 5.96. The van der Waals surface area contributed by atoms with Gasteiger partial charge in [-0.1, -0.05) is 17.7 Å². The molecule has 0 unspecified atom stereocenters. The van der Waals surface area contributed by atoms with Crippen LogP contribution in [0.3, 0.4) is 0 Å². The Labute approximate surface area is 155 Å². The molecule has 10 heteroatoms. The minimum Gasteiger partial charge on any atom is -0.324 e. The predicted molar refractivity (Wildman–Crippen MR) is 97.7 cm³/mol. The third-order valence-corrected chi connectivity index (χ3v) is 5.35. The topological polar surface area (TPSA) is 118 Å². The Bertz CT molecular complexity index is 945. The van der Waals surface area contributed by atoms with E-state index in [2.05, 4.69) is 10.0 Å². The molecule has 0 aromatic heterocycles. The number of rotatable bonds is 6. The summed E-state index contributed by atoms with van der Waals surface area (Å²) in [6, 6.07) is 8.41. The lowest BCUT2D eigenvalue weighted by Gasteiger charge is -2.15. The van der Waals surface area contributed by atoms with Gasteiger partial charge in [-0.2, -0.15) is 4.72 Å². The first-order valence-electron chi connectivity index (χ1n) is 7.44. The lowest BCUT2D eigenvalue weighted by atomic mass is 10.1. The van der Waals surface area contributed by atoms with Crippen molar-refractivity contribution in [3.63, 3.8) is 0 Å². The van der Waals surface area contributed by atoms with Crippen molar-refractivity contribution in [1.29, 1.82) is 0 Å². The SMILES string of the molecule is Cc1ccc([N+](=O)[O-])cc1NC(=O)[C@H](C)NS(=O)(=O)c1ccc(Cl)cc1. The molecule has 0 bridgehead atoms. The van der Waals surface area contributed by atoms with Gasteiger partial charge in [0.05, 0.1) is 21.5 Å². The van der Waals surface area contributed by atoms with Crippen LogP contribution in [0, 0.1) is 17.0 Å². The Morgan fingerprint density at radius 3 is 2.38 bits per heavy atom. The number of non-ortho nitro benzene ring substituents is 1. The molecule has 2 rings (SSSR count). The molecule has 0 fully saturated rings. The van der Waals surface area contributed by atoms with Crippen LogP contribution < -0.4 is 10.0 Å². The van der Waals surface area contributed by atoms with Crippen LogP contribution in [0.2, 0.25) is 5.02 Å². The molecular weight excluding hydrogens is 382 g/mol. The van der Waals surface area contributed by atoms with Gasteiger partial charge in [0.2, 0.25) is 15.9 Å². The first-order chi connectivity index (χ1) is 12.1. The van der Waals surface area contributed by atoms with E-state index in [1.807, 2.05) is 0 Å². The van der Waals surface area contributed by atoms with Gasteiger partial charge in [0.15, 0.2) is 0 Å². The van der Waals surface area contributed by atoms with Crippen molar-refractivity contribution in [2.24, 2.45) is 0 Å². The molecule has 0 aliphatic carbocycles. The number of aryl methyl sites for hydroxylation is 1. The second-order valence-electron chi connectivity index (χ2n) is 5.54. The maximum absolute atomic E-state index is 12.3. The van der Waals surface area contributed by atoms with Crippen LogP contribution in [-0.2, 0) is 14.8 Å².